The highest BCUT2D eigenvalue weighted by Gasteiger charge is 2.27. The summed E-state index contributed by atoms with van der Waals surface area (Å²) < 4.78 is 1.74. The number of carbonyl (C=O) groups excluding carboxylic acids is 1. The fourth-order valence-electron chi connectivity index (χ4n) is 4.02. The molecule has 2 amide bonds. The van der Waals surface area contributed by atoms with Crippen LogP contribution in [0, 0.1) is 0 Å². The number of nitrogens with one attached hydrogen (secondary N) is 2. The van der Waals surface area contributed by atoms with Crippen molar-refractivity contribution in [2.75, 3.05) is 23.7 Å². The van der Waals surface area contributed by atoms with Gasteiger partial charge in [0.15, 0.2) is 5.65 Å². The predicted octanol–water partition coefficient (Wildman–Crippen LogP) is 2.72. The van der Waals surface area contributed by atoms with E-state index in [9.17, 15) is 4.79 Å². The third-order valence-electron chi connectivity index (χ3n) is 5.50. The maximum atomic E-state index is 12.7. The van der Waals surface area contributed by atoms with Crippen molar-refractivity contribution < 1.29 is 4.79 Å². The van der Waals surface area contributed by atoms with Crippen LogP contribution in [0.2, 0.25) is 0 Å². The summed E-state index contributed by atoms with van der Waals surface area (Å²) in [5, 5.41) is 10.9. The van der Waals surface area contributed by atoms with E-state index in [4.69, 9.17) is 0 Å². The van der Waals surface area contributed by atoms with Gasteiger partial charge in [-0.25, -0.2) is 14.3 Å². The number of rotatable bonds is 3. The van der Waals surface area contributed by atoms with E-state index < -0.39 is 0 Å². The quantitative estimate of drug-likeness (QED) is 0.733. The van der Waals surface area contributed by atoms with Crippen LogP contribution in [-0.4, -0.2) is 49.6 Å². The molecule has 0 unspecified atom stereocenters. The number of anilines is 2. The minimum atomic E-state index is -0.0696. The van der Waals surface area contributed by atoms with Crippen molar-refractivity contribution >= 4 is 23.2 Å². The number of urea groups is 1. The second-order valence-corrected chi connectivity index (χ2v) is 7.49. The lowest BCUT2D eigenvalue weighted by Gasteiger charge is -2.19. The number of aryl methyl sites for hydroxylation is 2. The van der Waals surface area contributed by atoms with Gasteiger partial charge in [-0.3, -0.25) is 4.98 Å². The summed E-state index contributed by atoms with van der Waals surface area (Å²) >= 11 is 0. The lowest BCUT2D eigenvalue weighted by Crippen LogP contribution is -2.35. The number of carbonyl (C=O) groups is 1. The molecule has 8 nitrogen and oxygen atoms in total. The van der Waals surface area contributed by atoms with Crippen molar-refractivity contribution in [2.24, 2.45) is 0 Å². The van der Waals surface area contributed by atoms with E-state index in [0.29, 0.717) is 6.54 Å². The molecule has 4 heterocycles. The largest absolute Gasteiger partial charge is 0.364 e. The Labute approximate surface area is 163 Å². The molecule has 8 heteroatoms. The smallest absolute Gasteiger partial charge is 0.321 e. The first-order valence-corrected chi connectivity index (χ1v) is 9.85. The number of amides is 2. The SMILES string of the molecule is O=C(Nc1cnc2c(c1)CCCC2)N1CC[C@@H](Nc2ccc3nccn3n2)C1. The van der Waals surface area contributed by atoms with Crippen molar-refractivity contribution in [1.29, 1.82) is 0 Å². The van der Waals surface area contributed by atoms with E-state index in [1.165, 1.54) is 24.1 Å². The predicted molar refractivity (Wildman–Crippen MR) is 106 cm³/mol. The van der Waals surface area contributed by atoms with Gasteiger partial charge in [-0.05, 0) is 55.9 Å². The fraction of sp³-hybridized carbons (Fsp3) is 0.400. The second-order valence-electron chi connectivity index (χ2n) is 7.49. The van der Waals surface area contributed by atoms with Crippen LogP contribution in [0.5, 0.6) is 0 Å². The van der Waals surface area contributed by atoms with Gasteiger partial charge in [0, 0.05) is 37.2 Å². The van der Waals surface area contributed by atoms with Gasteiger partial charge in [-0.2, -0.15) is 0 Å². The molecule has 1 aliphatic carbocycles. The van der Waals surface area contributed by atoms with Crippen LogP contribution >= 0.6 is 0 Å². The number of aromatic nitrogens is 4. The van der Waals surface area contributed by atoms with Crippen LogP contribution in [-0.2, 0) is 12.8 Å². The van der Waals surface area contributed by atoms with Gasteiger partial charge in [-0.15, -0.1) is 5.10 Å². The van der Waals surface area contributed by atoms with Gasteiger partial charge in [0.25, 0.3) is 0 Å². The minimum absolute atomic E-state index is 0.0696. The number of hydrogen-bond acceptors (Lipinski definition) is 5. The van der Waals surface area contributed by atoms with Crippen LogP contribution in [0.25, 0.3) is 5.65 Å². The van der Waals surface area contributed by atoms with E-state index in [0.717, 1.165) is 43.0 Å². The third kappa shape index (κ3) is 3.37. The van der Waals surface area contributed by atoms with Crippen molar-refractivity contribution in [3.8, 4) is 0 Å². The average molecular weight is 377 g/mol. The number of imidazole rings is 1. The maximum absolute atomic E-state index is 12.7. The second kappa shape index (κ2) is 7.10. The van der Waals surface area contributed by atoms with E-state index in [-0.39, 0.29) is 12.1 Å². The van der Waals surface area contributed by atoms with E-state index >= 15 is 0 Å². The van der Waals surface area contributed by atoms with Crippen molar-refractivity contribution in [3.63, 3.8) is 0 Å². The van der Waals surface area contributed by atoms with Crippen LogP contribution in [0.1, 0.15) is 30.5 Å². The molecule has 28 heavy (non-hydrogen) atoms. The van der Waals surface area contributed by atoms with Crippen molar-refractivity contribution in [2.45, 2.75) is 38.1 Å². The Hall–Kier alpha value is -3.16. The molecule has 2 N–H and O–H groups in total. The van der Waals surface area contributed by atoms with E-state index in [1.807, 2.05) is 23.2 Å². The fourth-order valence-corrected chi connectivity index (χ4v) is 4.02. The van der Waals surface area contributed by atoms with Gasteiger partial charge < -0.3 is 15.5 Å². The van der Waals surface area contributed by atoms with Crippen molar-refractivity contribution in [3.05, 3.63) is 48.0 Å². The summed E-state index contributed by atoms with van der Waals surface area (Å²) in [7, 11) is 0. The molecule has 0 spiro atoms. The van der Waals surface area contributed by atoms with Gasteiger partial charge >= 0.3 is 6.03 Å². The summed E-state index contributed by atoms with van der Waals surface area (Å²) in [6, 6.07) is 6.04. The highest BCUT2D eigenvalue weighted by molar-refractivity contribution is 5.89. The Morgan fingerprint density at radius 2 is 2.11 bits per heavy atom. The highest BCUT2D eigenvalue weighted by Crippen LogP contribution is 2.23. The molecule has 1 saturated heterocycles. The Morgan fingerprint density at radius 1 is 1.18 bits per heavy atom. The molecule has 3 aromatic heterocycles. The number of likely N-dealkylation sites (tertiary alicyclic amines) is 1. The van der Waals surface area contributed by atoms with Gasteiger partial charge in [0.1, 0.15) is 5.82 Å². The van der Waals surface area contributed by atoms with Crippen LogP contribution in [0.3, 0.4) is 0 Å². The number of hydrogen-bond donors (Lipinski definition) is 2. The molecule has 3 aromatic rings. The Bertz CT molecular complexity index is 1010. The van der Waals surface area contributed by atoms with Crippen LogP contribution in [0.15, 0.2) is 36.8 Å². The lowest BCUT2D eigenvalue weighted by molar-refractivity contribution is 0.222. The molecule has 1 aliphatic heterocycles. The van der Waals surface area contributed by atoms with E-state index in [2.05, 4.69) is 31.8 Å². The highest BCUT2D eigenvalue weighted by atomic mass is 16.2. The first kappa shape index (κ1) is 17.0. The summed E-state index contributed by atoms with van der Waals surface area (Å²) in [5.74, 6) is 0.789. The summed E-state index contributed by atoms with van der Waals surface area (Å²) in [6.45, 7) is 1.36. The van der Waals surface area contributed by atoms with E-state index in [1.54, 1.807) is 16.9 Å². The zero-order valence-electron chi connectivity index (χ0n) is 15.6. The van der Waals surface area contributed by atoms with Gasteiger partial charge in [0.05, 0.1) is 11.9 Å². The molecule has 0 bridgehead atoms. The first-order chi connectivity index (χ1) is 13.7. The summed E-state index contributed by atoms with van der Waals surface area (Å²) in [5.41, 5.74) is 4.05. The third-order valence-corrected chi connectivity index (χ3v) is 5.50. The van der Waals surface area contributed by atoms with Crippen LogP contribution in [0.4, 0.5) is 16.3 Å². The Kier molecular flexibility index (Phi) is 4.31. The zero-order valence-corrected chi connectivity index (χ0v) is 15.6. The monoisotopic (exact) mass is 377 g/mol. The number of pyridine rings is 1. The minimum Gasteiger partial charge on any atom is -0.364 e. The molecule has 0 saturated carbocycles. The standard InChI is InChI=1S/C20H23N7O/c28-20(24-16-11-14-3-1-2-4-17(14)22-12-16)26-9-7-15(13-26)23-18-5-6-19-21-8-10-27(19)25-18/h5-6,8,10-12,15H,1-4,7,9,13H2,(H,23,25)(H,24,28)/t15-/m1/s1. The molecule has 0 radical (unpaired) electrons. The lowest BCUT2D eigenvalue weighted by atomic mass is 9.96. The van der Waals surface area contributed by atoms with Crippen LogP contribution < -0.4 is 10.6 Å². The molecule has 1 atom stereocenters. The first-order valence-electron chi connectivity index (χ1n) is 9.85. The van der Waals surface area contributed by atoms with Gasteiger partial charge in [-0.1, -0.05) is 0 Å². The molecule has 0 aromatic carbocycles. The Morgan fingerprint density at radius 3 is 3.07 bits per heavy atom. The normalized spacial score (nSPS) is 18.9. The summed E-state index contributed by atoms with van der Waals surface area (Å²) in [6.07, 6.45) is 10.7. The molecule has 5 rings (SSSR count). The van der Waals surface area contributed by atoms with Gasteiger partial charge in [0.2, 0.25) is 0 Å². The number of nitrogens with zero attached hydrogens (tertiary/aromatic N) is 5. The molecule has 1 fully saturated rings. The average Bonchev–Trinajstić information content (AvgIpc) is 3.37. The van der Waals surface area contributed by atoms with Crippen molar-refractivity contribution in [1.82, 2.24) is 24.5 Å². The summed E-state index contributed by atoms with van der Waals surface area (Å²) in [4.78, 5) is 23.2. The zero-order chi connectivity index (χ0) is 18.9. The molecule has 144 valence electrons. The molecule has 2 aliphatic rings. The molecular formula is C20H23N7O. The molecular weight excluding hydrogens is 354 g/mol. The topological polar surface area (TPSA) is 87.5 Å². The number of fused-ring (bicyclic) bond motifs is 2. The maximum Gasteiger partial charge on any atom is 0.321 e. The Balaban J connectivity index is 1.20.